The van der Waals surface area contributed by atoms with E-state index in [4.69, 9.17) is 10.2 Å². The number of nitrogens with zero attached hydrogens (tertiary/aromatic N) is 1. The molecule has 2 N–H and O–H groups in total. The van der Waals surface area contributed by atoms with Gasteiger partial charge >= 0.3 is 0 Å². The van der Waals surface area contributed by atoms with Crippen LogP contribution in [-0.4, -0.2) is 11.0 Å². The summed E-state index contributed by atoms with van der Waals surface area (Å²) in [5, 5.41) is 2.07. The lowest BCUT2D eigenvalue weighted by Gasteiger charge is -2.28. The Hall–Kier alpha value is -3.12. The molecular formula is C23H17F3N2O. The maximum atomic E-state index is 14.2. The van der Waals surface area contributed by atoms with Crippen LogP contribution < -0.4 is 5.73 Å². The first kappa shape index (κ1) is 17.9. The van der Waals surface area contributed by atoms with Gasteiger partial charge in [0.15, 0.2) is 17.2 Å². The van der Waals surface area contributed by atoms with Gasteiger partial charge in [-0.1, -0.05) is 36.4 Å². The number of benzene rings is 3. The van der Waals surface area contributed by atoms with Crippen molar-refractivity contribution < 1.29 is 17.6 Å². The molecule has 0 fully saturated rings. The zero-order chi connectivity index (χ0) is 20.1. The lowest BCUT2D eigenvalue weighted by Crippen LogP contribution is -2.31. The lowest BCUT2D eigenvalue weighted by molar-refractivity contribution is 0.460. The number of nitrogens with two attached hydrogens (primary N) is 1. The molecule has 0 saturated carbocycles. The van der Waals surface area contributed by atoms with Gasteiger partial charge in [0.25, 0.3) is 0 Å². The Morgan fingerprint density at radius 1 is 0.966 bits per heavy atom. The van der Waals surface area contributed by atoms with E-state index < -0.39 is 29.4 Å². The van der Waals surface area contributed by atoms with E-state index in [1.54, 1.807) is 0 Å². The second-order valence-corrected chi connectivity index (χ2v) is 7.38. The highest BCUT2D eigenvalue weighted by atomic mass is 19.2. The Labute approximate surface area is 164 Å². The molecule has 4 aromatic rings. The predicted molar refractivity (Wildman–Crippen MR) is 106 cm³/mol. The van der Waals surface area contributed by atoms with E-state index in [0.29, 0.717) is 30.4 Å². The maximum Gasteiger partial charge on any atom is 0.222 e. The third-order valence-electron chi connectivity index (χ3n) is 5.59. The molecule has 0 unspecified atom stereocenters. The molecule has 5 rings (SSSR count). The zero-order valence-electron chi connectivity index (χ0n) is 15.3. The molecule has 146 valence electrons. The molecule has 6 heteroatoms. The summed E-state index contributed by atoms with van der Waals surface area (Å²) < 4.78 is 47.0. The van der Waals surface area contributed by atoms with Gasteiger partial charge in [0.2, 0.25) is 5.89 Å². The van der Waals surface area contributed by atoms with Crippen molar-refractivity contribution in [3.63, 3.8) is 0 Å². The van der Waals surface area contributed by atoms with Gasteiger partial charge < -0.3 is 10.2 Å². The Bertz CT molecular complexity index is 1280. The number of allylic oxidation sites excluding steroid dienone is 1. The first-order valence-electron chi connectivity index (χ1n) is 9.39. The van der Waals surface area contributed by atoms with E-state index in [2.05, 4.69) is 4.98 Å². The van der Waals surface area contributed by atoms with E-state index in [1.807, 2.05) is 42.5 Å². The van der Waals surface area contributed by atoms with Crippen LogP contribution >= 0.6 is 0 Å². The summed E-state index contributed by atoms with van der Waals surface area (Å²) in [6, 6.07) is 12.8. The fraction of sp³-hybridized carbons (Fsp3) is 0.174. The normalized spacial score (nSPS) is 19.7. The SMILES string of the molecule is N[C@H]1CC(c2nc3c(ccc4ccccc43)o2)=CC[C@@H]1c1cc(F)c(F)cc1F. The van der Waals surface area contributed by atoms with Crippen molar-refractivity contribution in [3.8, 4) is 0 Å². The lowest BCUT2D eigenvalue weighted by atomic mass is 9.80. The van der Waals surface area contributed by atoms with E-state index in [-0.39, 0.29) is 5.56 Å². The van der Waals surface area contributed by atoms with Crippen molar-refractivity contribution in [1.82, 2.24) is 4.98 Å². The van der Waals surface area contributed by atoms with Crippen LogP contribution in [0, 0.1) is 17.5 Å². The summed E-state index contributed by atoms with van der Waals surface area (Å²) in [6.45, 7) is 0. The van der Waals surface area contributed by atoms with Crippen molar-refractivity contribution >= 4 is 27.4 Å². The quantitative estimate of drug-likeness (QED) is 0.445. The van der Waals surface area contributed by atoms with Crippen LogP contribution in [0.2, 0.25) is 0 Å². The van der Waals surface area contributed by atoms with Crippen LogP contribution in [0.4, 0.5) is 13.2 Å². The average molecular weight is 394 g/mol. The van der Waals surface area contributed by atoms with Crippen molar-refractivity contribution in [3.05, 3.63) is 83.5 Å². The molecule has 0 spiro atoms. The topological polar surface area (TPSA) is 52.0 Å². The predicted octanol–water partition coefficient (Wildman–Crippen LogP) is 5.69. The summed E-state index contributed by atoms with van der Waals surface area (Å²) >= 11 is 0. The van der Waals surface area contributed by atoms with Crippen LogP contribution in [0.25, 0.3) is 27.4 Å². The molecule has 0 aliphatic heterocycles. The highest BCUT2D eigenvalue weighted by Crippen LogP contribution is 2.38. The Kier molecular flexibility index (Phi) is 4.17. The van der Waals surface area contributed by atoms with Crippen molar-refractivity contribution in [1.29, 1.82) is 0 Å². The molecule has 1 heterocycles. The molecule has 1 aliphatic rings. The number of hydrogen-bond donors (Lipinski definition) is 1. The molecule has 0 bridgehead atoms. The van der Waals surface area contributed by atoms with Gasteiger partial charge in [-0.25, -0.2) is 18.2 Å². The van der Waals surface area contributed by atoms with E-state index in [1.165, 1.54) is 0 Å². The maximum absolute atomic E-state index is 14.2. The molecule has 3 nitrogen and oxygen atoms in total. The van der Waals surface area contributed by atoms with Gasteiger partial charge in [0.05, 0.1) is 0 Å². The van der Waals surface area contributed by atoms with Gasteiger partial charge in [-0.3, -0.25) is 0 Å². The minimum absolute atomic E-state index is 0.0928. The number of halogens is 3. The highest BCUT2D eigenvalue weighted by molar-refractivity contribution is 6.03. The Morgan fingerprint density at radius 2 is 1.76 bits per heavy atom. The van der Waals surface area contributed by atoms with Gasteiger partial charge in [0, 0.05) is 29.0 Å². The third kappa shape index (κ3) is 3.00. The van der Waals surface area contributed by atoms with Crippen LogP contribution in [0.5, 0.6) is 0 Å². The number of oxazole rings is 1. The van der Waals surface area contributed by atoms with E-state index in [0.717, 1.165) is 27.9 Å². The molecule has 3 aromatic carbocycles. The number of rotatable bonds is 2. The summed E-state index contributed by atoms with van der Waals surface area (Å²) in [5.41, 5.74) is 8.67. The minimum atomic E-state index is -1.20. The van der Waals surface area contributed by atoms with Crippen LogP contribution in [0.1, 0.15) is 30.2 Å². The van der Waals surface area contributed by atoms with Crippen molar-refractivity contribution in [2.75, 3.05) is 0 Å². The molecule has 0 radical (unpaired) electrons. The van der Waals surface area contributed by atoms with Crippen LogP contribution in [-0.2, 0) is 0 Å². The standard InChI is InChI=1S/C23H17F3N2O/c24-17-11-19(26)18(25)10-16(17)15-7-5-13(9-20(15)27)23-28-22-14-4-2-1-3-12(14)6-8-21(22)29-23/h1-6,8,10-11,15,20H,7,9,27H2/t15-,20+/m1/s1. The van der Waals surface area contributed by atoms with Crippen molar-refractivity contribution in [2.24, 2.45) is 5.73 Å². The van der Waals surface area contributed by atoms with Crippen LogP contribution in [0.3, 0.4) is 0 Å². The molecule has 2 atom stereocenters. The van der Waals surface area contributed by atoms with Gasteiger partial charge in [0.1, 0.15) is 11.3 Å². The third-order valence-corrected chi connectivity index (χ3v) is 5.59. The summed E-state index contributed by atoms with van der Waals surface area (Å²) in [4.78, 5) is 4.67. The Morgan fingerprint density at radius 3 is 2.59 bits per heavy atom. The summed E-state index contributed by atoms with van der Waals surface area (Å²) in [7, 11) is 0. The molecule has 1 aromatic heterocycles. The number of hydrogen-bond acceptors (Lipinski definition) is 3. The number of aromatic nitrogens is 1. The van der Waals surface area contributed by atoms with Crippen molar-refractivity contribution in [2.45, 2.75) is 24.8 Å². The minimum Gasteiger partial charge on any atom is -0.436 e. The molecular weight excluding hydrogens is 377 g/mol. The highest BCUT2D eigenvalue weighted by Gasteiger charge is 2.29. The molecule has 1 aliphatic carbocycles. The van der Waals surface area contributed by atoms with E-state index >= 15 is 0 Å². The smallest absolute Gasteiger partial charge is 0.222 e. The van der Waals surface area contributed by atoms with E-state index in [9.17, 15) is 13.2 Å². The first-order chi connectivity index (χ1) is 14.0. The Balaban J connectivity index is 1.51. The van der Waals surface area contributed by atoms with Gasteiger partial charge in [-0.05, 0) is 35.9 Å². The average Bonchev–Trinajstić information content (AvgIpc) is 3.16. The molecule has 29 heavy (non-hydrogen) atoms. The van der Waals surface area contributed by atoms with Crippen LogP contribution in [0.15, 0.2) is 59.0 Å². The first-order valence-corrected chi connectivity index (χ1v) is 9.39. The fourth-order valence-electron chi connectivity index (χ4n) is 4.08. The summed E-state index contributed by atoms with van der Waals surface area (Å²) in [6.07, 6.45) is 2.67. The molecule has 0 saturated heterocycles. The fourth-order valence-corrected chi connectivity index (χ4v) is 4.08. The number of fused-ring (bicyclic) bond motifs is 3. The van der Waals surface area contributed by atoms with Gasteiger partial charge in [-0.2, -0.15) is 0 Å². The second kappa shape index (κ2) is 6.74. The van der Waals surface area contributed by atoms with Gasteiger partial charge in [-0.15, -0.1) is 0 Å². The molecule has 0 amide bonds. The second-order valence-electron chi connectivity index (χ2n) is 7.38. The zero-order valence-corrected chi connectivity index (χ0v) is 15.3. The largest absolute Gasteiger partial charge is 0.436 e. The monoisotopic (exact) mass is 394 g/mol. The summed E-state index contributed by atoms with van der Waals surface area (Å²) in [5.74, 6) is -3.02.